The van der Waals surface area contributed by atoms with Gasteiger partial charge in [0.05, 0.1) is 25.0 Å². The number of rotatable bonds is 4. The van der Waals surface area contributed by atoms with Crippen LogP contribution in [0.3, 0.4) is 0 Å². The van der Waals surface area contributed by atoms with Gasteiger partial charge < -0.3 is 9.84 Å². The Morgan fingerprint density at radius 1 is 0.895 bits per heavy atom. The van der Waals surface area contributed by atoms with Crippen LogP contribution < -0.4 is 21.0 Å². The maximum atomic E-state index is 13.5. The van der Waals surface area contributed by atoms with Crippen LogP contribution >= 0.6 is 0 Å². The molecule has 0 amide bonds. The molecule has 8 nitrogen and oxygen atoms in total. The summed E-state index contributed by atoms with van der Waals surface area (Å²) in [5.74, 6) is -0.220. The molecule has 1 atom stereocenters. The van der Waals surface area contributed by atoms with E-state index in [-0.39, 0.29) is 18.1 Å². The molecule has 0 radical (unpaired) electrons. The molecule has 1 aliphatic heterocycles. The number of carbonyl (C=O) groups excluding carboxylic acids is 1. The molecule has 38 heavy (non-hydrogen) atoms. The maximum Gasteiger partial charge on any atom is 0.417 e. The van der Waals surface area contributed by atoms with Crippen molar-refractivity contribution in [1.29, 1.82) is 0 Å². The molecule has 0 bridgehead atoms. The van der Waals surface area contributed by atoms with Gasteiger partial charge in [0.15, 0.2) is 0 Å². The van der Waals surface area contributed by atoms with E-state index < -0.39 is 17.2 Å². The van der Waals surface area contributed by atoms with Crippen molar-refractivity contribution in [2.75, 3.05) is 0 Å². The first-order valence-electron chi connectivity index (χ1n) is 12.2. The quantitative estimate of drug-likeness (QED) is 0.325. The second kappa shape index (κ2) is 8.85. The second-order valence-corrected chi connectivity index (χ2v) is 9.41. The number of nitrogens with one attached hydrogen (secondary N) is 1. The van der Waals surface area contributed by atoms with E-state index in [9.17, 15) is 19.5 Å². The van der Waals surface area contributed by atoms with E-state index in [4.69, 9.17) is 4.74 Å². The van der Waals surface area contributed by atoms with Gasteiger partial charge in [0.1, 0.15) is 22.8 Å². The Labute approximate surface area is 217 Å². The molecule has 2 aliphatic rings. The Morgan fingerprint density at radius 3 is 2.26 bits per heavy atom. The Bertz CT molecular complexity index is 1790. The normalized spacial score (nSPS) is 15.4. The van der Waals surface area contributed by atoms with Gasteiger partial charge in [-0.2, -0.15) is 4.57 Å². The first-order chi connectivity index (χ1) is 18.3. The monoisotopic (exact) mass is 506 g/mol. The molecule has 0 saturated heterocycles. The van der Waals surface area contributed by atoms with Crippen LogP contribution in [0, 0.1) is 0 Å². The number of nitrogens with zero attached hydrogens (tertiary/aromatic N) is 2. The average molecular weight is 507 g/mol. The molecular formula is C30H24N3O5+. The second-order valence-electron chi connectivity index (χ2n) is 9.41. The van der Waals surface area contributed by atoms with Gasteiger partial charge in [0.25, 0.3) is 11.4 Å². The number of aliphatic hydroxyl groups is 1. The van der Waals surface area contributed by atoms with Crippen LogP contribution in [0.15, 0.2) is 94.0 Å². The van der Waals surface area contributed by atoms with Crippen molar-refractivity contribution in [3.05, 3.63) is 133 Å². The number of benzene rings is 3. The molecule has 4 aromatic rings. The lowest BCUT2D eigenvalue weighted by atomic mass is 9.81. The minimum atomic E-state index is -0.659. The SMILES string of the molecule is Cn1c2c(c(=O)n(C)c1=O)C(c1ccc(OC(=O)Cc3ccccc3)cc1)C1=C(O)c3ccccc3C1=[NH+]2. The fourth-order valence-corrected chi connectivity index (χ4v) is 5.27. The lowest BCUT2D eigenvalue weighted by molar-refractivity contribution is -0.364. The van der Waals surface area contributed by atoms with E-state index in [1.807, 2.05) is 54.6 Å². The number of esters is 1. The zero-order chi connectivity index (χ0) is 26.6. The van der Waals surface area contributed by atoms with E-state index in [0.717, 1.165) is 15.7 Å². The predicted molar refractivity (Wildman–Crippen MR) is 142 cm³/mol. The number of aromatic nitrogens is 2. The van der Waals surface area contributed by atoms with Crippen molar-refractivity contribution in [3.8, 4) is 5.75 Å². The summed E-state index contributed by atoms with van der Waals surface area (Å²) in [4.78, 5) is 41.9. The minimum Gasteiger partial charge on any atom is -0.507 e. The third kappa shape index (κ3) is 3.61. The molecule has 1 unspecified atom stereocenters. The van der Waals surface area contributed by atoms with Gasteiger partial charge in [-0.1, -0.05) is 60.7 Å². The van der Waals surface area contributed by atoms with Crippen LogP contribution in [0.1, 0.15) is 33.7 Å². The molecule has 2 heterocycles. The molecule has 3 aromatic carbocycles. The highest BCUT2D eigenvalue weighted by Gasteiger charge is 2.44. The lowest BCUT2D eigenvalue weighted by Crippen LogP contribution is -2.73. The van der Waals surface area contributed by atoms with E-state index in [1.165, 1.54) is 11.6 Å². The summed E-state index contributed by atoms with van der Waals surface area (Å²) in [7, 11) is 3.05. The first-order valence-corrected chi connectivity index (χ1v) is 12.2. The zero-order valence-electron chi connectivity index (χ0n) is 20.8. The molecule has 0 saturated carbocycles. The molecule has 0 spiro atoms. The predicted octanol–water partition coefficient (Wildman–Crippen LogP) is 1.86. The number of fused-ring (bicyclic) bond motifs is 4. The highest BCUT2D eigenvalue weighted by Crippen LogP contribution is 2.43. The van der Waals surface area contributed by atoms with Crippen molar-refractivity contribution in [3.63, 3.8) is 0 Å². The number of hydrogen-bond acceptors (Lipinski definition) is 5. The van der Waals surface area contributed by atoms with Gasteiger partial charge in [-0.3, -0.25) is 9.59 Å². The Balaban J connectivity index is 1.44. The smallest absolute Gasteiger partial charge is 0.417 e. The molecule has 8 heteroatoms. The van der Waals surface area contributed by atoms with Crippen LogP contribution in [0.4, 0.5) is 5.82 Å². The van der Waals surface area contributed by atoms with Gasteiger partial charge in [-0.05, 0) is 29.3 Å². The van der Waals surface area contributed by atoms with Crippen LogP contribution in [0.2, 0.25) is 0 Å². The van der Waals surface area contributed by atoms with Crippen molar-refractivity contribution >= 4 is 23.3 Å². The zero-order valence-corrected chi connectivity index (χ0v) is 20.8. The minimum absolute atomic E-state index is 0.0769. The molecule has 6 rings (SSSR count). The molecular weight excluding hydrogens is 482 g/mol. The highest BCUT2D eigenvalue weighted by molar-refractivity contribution is 6.21. The standard InChI is InChI=1S/C30H23N3O5/c1-32-28-25(29(36)33(2)30(32)37)23(24-26(31-28)20-10-6-7-11-21(20)27(24)35)18-12-14-19(15-13-18)38-22(34)16-17-8-4-3-5-9-17/h3-15,23,35H,16H2,1-2H3/p+1. The van der Waals surface area contributed by atoms with Crippen LogP contribution in [0.25, 0.3) is 5.76 Å². The summed E-state index contributed by atoms with van der Waals surface area (Å²) < 4.78 is 8.01. The van der Waals surface area contributed by atoms with Crippen LogP contribution in [-0.2, 0) is 25.3 Å². The van der Waals surface area contributed by atoms with Crippen molar-refractivity contribution in [1.82, 2.24) is 9.13 Å². The first kappa shape index (κ1) is 23.4. The summed E-state index contributed by atoms with van der Waals surface area (Å²) in [6.45, 7) is 0. The highest BCUT2D eigenvalue weighted by atomic mass is 16.5. The van der Waals surface area contributed by atoms with E-state index in [2.05, 4.69) is 4.99 Å². The van der Waals surface area contributed by atoms with Crippen LogP contribution in [-0.4, -0.2) is 25.9 Å². The Kier molecular flexibility index (Phi) is 5.45. The van der Waals surface area contributed by atoms with E-state index in [1.54, 1.807) is 31.3 Å². The summed E-state index contributed by atoms with van der Waals surface area (Å²) in [5.41, 5.74) is 3.65. The molecule has 1 aliphatic carbocycles. The average Bonchev–Trinajstić information content (AvgIpc) is 3.22. The summed E-state index contributed by atoms with van der Waals surface area (Å²) in [6.07, 6.45) is 0.145. The summed E-state index contributed by atoms with van der Waals surface area (Å²) >= 11 is 0. The Morgan fingerprint density at radius 2 is 1.55 bits per heavy atom. The maximum absolute atomic E-state index is 13.5. The lowest BCUT2D eigenvalue weighted by Gasteiger charge is -2.24. The van der Waals surface area contributed by atoms with Crippen molar-refractivity contribution in [2.24, 2.45) is 14.1 Å². The van der Waals surface area contributed by atoms with E-state index >= 15 is 0 Å². The fraction of sp³-hybridized carbons (Fsp3) is 0.133. The molecule has 0 fully saturated rings. The third-order valence-electron chi connectivity index (χ3n) is 7.13. The number of aliphatic hydroxyl groups excluding tert-OH is 1. The third-order valence-corrected chi connectivity index (χ3v) is 7.13. The number of hydrogen-bond donors (Lipinski definition) is 2. The molecule has 188 valence electrons. The van der Waals surface area contributed by atoms with Gasteiger partial charge in [-0.15, -0.1) is 0 Å². The van der Waals surface area contributed by atoms with Crippen LogP contribution in [0.5, 0.6) is 5.75 Å². The van der Waals surface area contributed by atoms with E-state index in [0.29, 0.717) is 39.5 Å². The van der Waals surface area contributed by atoms with Gasteiger partial charge in [0.2, 0.25) is 0 Å². The van der Waals surface area contributed by atoms with Gasteiger partial charge in [-0.25, -0.2) is 14.4 Å². The van der Waals surface area contributed by atoms with Gasteiger partial charge in [0, 0.05) is 18.2 Å². The number of allylic oxidation sites excluding steroid dienone is 1. The van der Waals surface area contributed by atoms with Crippen molar-refractivity contribution < 1.29 is 19.6 Å². The van der Waals surface area contributed by atoms with Gasteiger partial charge >= 0.3 is 11.7 Å². The fourth-order valence-electron chi connectivity index (χ4n) is 5.27. The largest absolute Gasteiger partial charge is 0.507 e. The molecule has 2 N–H and O–H groups in total. The summed E-state index contributed by atoms with van der Waals surface area (Å²) in [6, 6.07) is 23.6. The number of carbonyl (C=O) groups is 1. The molecule has 1 aromatic heterocycles. The number of ether oxygens (including phenoxy) is 1. The van der Waals surface area contributed by atoms with Crippen molar-refractivity contribution in [2.45, 2.75) is 12.3 Å². The topological polar surface area (TPSA) is 105 Å². The summed E-state index contributed by atoms with van der Waals surface area (Å²) in [5, 5.41) is 11.3. The Hall–Kier alpha value is -4.98.